The van der Waals surface area contributed by atoms with Gasteiger partial charge in [0.05, 0.1) is 18.3 Å². The number of hydrogen-bond acceptors (Lipinski definition) is 5. The van der Waals surface area contributed by atoms with Crippen molar-refractivity contribution in [1.82, 2.24) is 0 Å². The highest BCUT2D eigenvalue weighted by Crippen LogP contribution is 2.39. The van der Waals surface area contributed by atoms with Crippen LogP contribution in [-0.4, -0.2) is 44.7 Å². The highest BCUT2D eigenvalue weighted by atomic mass is 16.7. The molecule has 0 bridgehead atoms. The number of methoxy groups -OCH3 is 1. The van der Waals surface area contributed by atoms with Gasteiger partial charge in [-0.25, -0.2) is 4.79 Å². The molecule has 0 N–H and O–H groups in total. The fraction of sp³-hybridized carbons (Fsp3) is 0.733. The predicted molar refractivity (Wildman–Crippen MR) is 84.4 cm³/mol. The molecule has 0 saturated carbocycles. The number of allylic oxidation sites excluding steroid dienone is 1. The van der Waals surface area contributed by atoms with E-state index in [2.05, 4.69) is 4.99 Å². The predicted octanol–water partition coefficient (Wildman–Crippen LogP) is 2.44. The number of esters is 1. The first-order valence-corrected chi connectivity index (χ1v) is 7.17. The van der Waals surface area contributed by atoms with Crippen LogP contribution >= 0.6 is 0 Å². The molecule has 6 heteroatoms. The summed E-state index contributed by atoms with van der Waals surface area (Å²) in [6.07, 6.45) is 1.62. The van der Waals surface area contributed by atoms with E-state index in [0.29, 0.717) is 11.0 Å². The Morgan fingerprint density at radius 1 is 1.19 bits per heavy atom. The number of carbonyl (C=O) groups is 1. The lowest BCUT2D eigenvalue weighted by atomic mass is 9.73. The first-order chi connectivity index (χ1) is 9.57. The zero-order valence-electron chi connectivity index (χ0n) is 14.3. The highest BCUT2D eigenvalue weighted by Gasteiger charge is 2.53. The maximum atomic E-state index is 12.1. The first kappa shape index (κ1) is 17.9. The number of ether oxygens (including phenoxy) is 1. The van der Waals surface area contributed by atoms with Gasteiger partial charge in [0.2, 0.25) is 0 Å². The topological polar surface area (TPSA) is 57.1 Å². The third-order valence-corrected chi connectivity index (χ3v) is 4.07. The molecule has 21 heavy (non-hydrogen) atoms. The number of aliphatic imine (C=N–C) groups is 1. The fourth-order valence-electron chi connectivity index (χ4n) is 2.16. The molecule has 118 valence electrons. The van der Waals surface area contributed by atoms with Crippen LogP contribution in [0.2, 0.25) is 0 Å². The molecule has 0 aromatic heterocycles. The number of carbonyl (C=O) groups excluding carboxylic acids is 1. The number of rotatable bonds is 4. The van der Waals surface area contributed by atoms with Crippen LogP contribution in [0, 0.1) is 5.92 Å². The second-order valence-corrected chi connectivity index (χ2v) is 6.49. The van der Waals surface area contributed by atoms with E-state index in [-0.39, 0.29) is 11.9 Å². The van der Waals surface area contributed by atoms with Gasteiger partial charge in [-0.05, 0) is 33.6 Å². The molecule has 1 aliphatic heterocycles. The molecule has 0 unspecified atom stereocenters. The highest BCUT2D eigenvalue weighted by molar-refractivity contribution is 6.61. The Bertz CT molecular complexity index is 450. The standard InChI is InChI=1S/C15H26BNO4/c1-10(2)12(13(18)19-8)11(9-17-7)16-20-14(3,4)15(5,6)21-16/h9-10H,1-8H3/b12-11-,17-9?. The van der Waals surface area contributed by atoms with Gasteiger partial charge in [-0.3, -0.25) is 4.99 Å². The summed E-state index contributed by atoms with van der Waals surface area (Å²) in [6.45, 7) is 11.8. The van der Waals surface area contributed by atoms with Crippen molar-refractivity contribution in [3.8, 4) is 0 Å². The molecule has 1 rings (SSSR count). The Hall–Kier alpha value is -1.14. The number of nitrogens with zero attached hydrogens (tertiary/aromatic N) is 1. The Labute approximate surface area is 127 Å². The van der Waals surface area contributed by atoms with Crippen LogP contribution in [0.5, 0.6) is 0 Å². The Morgan fingerprint density at radius 2 is 1.67 bits per heavy atom. The van der Waals surface area contributed by atoms with Crippen LogP contribution in [-0.2, 0) is 18.8 Å². The summed E-state index contributed by atoms with van der Waals surface area (Å²) in [5.41, 5.74) is 0.213. The summed E-state index contributed by atoms with van der Waals surface area (Å²) < 4.78 is 16.9. The van der Waals surface area contributed by atoms with Gasteiger partial charge >= 0.3 is 13.1 Å². The summed E-state index contributed by atoms with van der Waals surface area (Å²) in [5, 5.41) is 0. The monoisotopic (exact) mass is 295 g/mol. The molecule has 0 aromatic rings. The third kappa shape index (κ3) is 3.55. The molecule has 1 saturated heterocycles. The summed E-state index contributed by atoms with van der Waals surface area (Å²) >= 11 is 0. The van der Waals surface area contributed by atoms with E-state index in [1.807, 2.05) is 41.5 Å². The third-order valence-electron chi connectivity index (χ3n) is 4.07. The molecule has 1 heterocycles. The van der Waals surface area contributed by atoms with E-state index in [1.54, 1.807) is 13.3 Å². The van der Waals surface area contributed by atoms with E-state index < -0.39 is 18.3 Å². The minimum atomic E-state index is -0.629. The van der Waals surface area contributed by atoms with Crippen LogP contribution in [0.4, 0.5) is 0 Å². The summed E-state index contributed by atoms with van der Waals surface area (Å²) in [4.78, 5) is 16.1. The molecule has 0 radical (unpaired) electrons. The molecule has 0 atom stereocenters. The minimum Gasteiger partial charge on any atom is -0.466 e. The largest absolute Gasteiger partial charge is 0.496 e. The van der Waals surface area contributed by atoms with Crippen molar-refractivity contribution in [2.45, 2.75) is 52.7 Å². The van der Waals surface area contributed by atoms with Crippen LogP contribution in [0.25, 0.3) is 0 Å². The first-order valence-electron chi connectivity index (χ1n) is 7.17. The lowest BCUT2D eigenvalue weighted by Gasteiger charge is -2.32. The van der Waals surface area contributed by atoms with E-state index in [4.69, 9.17) is 14.0 Å². The van der Waals surface area contributed by atoms with Gasteiger partial charge in [-0.1, -0.05) is 13.8 Å². The van der Waals surface area contributed by atoms with E-state index in [9.17, 15) is 4.79 Å². The molecule has 0 spiro atoms. The molecular weight excluding hydrogens is 269 g/mol. The van der Waals surface area contributed by atoms with E-state index >= 15 is 0 Å². The van der Waals surface area contributed by atoms with Gasteiger partial charge in [-0.2, -0.15) is 0 Å². The van der Waals surface area contributed by atoms with Crippen LogP contribution in [0.3, 0.4) is 0 Å². The molecule has 1 aliphatic rings. The van der Waals surface area contributed by atoms with Crippen LogP contribution < -0.4 is 0 Å². The Kier molecular flexibility index (Phi) is 5.39. The van der Waals surface area contributed by atoms with Gasteiger partial charge in [-0.15, -0.1) is 0 Å². The maximum absolute atomic E-state index is 12.1. The van der Waals surface area contributed by atoms with E-state index in [1.165, 1.54) is 7.11 Å². The molecule has 0 amide bonds. The van der Waals surface area contributed by atoms with Crippen molar-refractivity contribution in [3.05, 3.63) is 11.0 Å². The summed E-state index contributed by atoms with van der Waals surface area (Å²) in [6, 6.07) is 0. The molecular formula is C15H26BNO4. The normalized spacial score (nSPS) is 21.9. The summed E-state index contributed by atoms with van der Waals surface area (Å²) in [5.74, 6) is -0.404. The van der Waals surface area contributed by atoms with Gasteiger partial charge < -0.3 is 14.0 Å². The quantitative estimate of drug-likeness (QED) is 0.346. The van der Waals surface area contributed by atoms with Crippen molar-refractivity contribution in [1.29, 1.82) is 0 Å². The fourth-order valence-corrected chi connectivity index (χ4v) is 2.16. The lowest BCUT2D eigenvalue weighted by molar-refractivity contribution is -0.136. The zero-order chi connectivity index (χ0) is 16.4. The van der Waals surface area contributed by atoms with E-state index in [0.717, 1.165) is 0 Å². The van der Waals surface area contributed by atoms with Crippen molar-refractivity contribution < 1.29 is 18.8 Å². The van der Waals surface area contributed by atoms with Crippen molar-refractivity contribution in [2.75, 3.05) is 14.2 Å². The Balaban J connectivity index is 3.34. The molecule has 0 aromatic carbocycles. The van der Waals surface area contributed by atoms with Crippen LogP contribution in [0.1, 0.15) is 41.5 Å². The number of hydrogen-bond donors (Lipinski definition) is 0. The lowest BCUT2D eigenvalue weighted by Crippen LogP contribution is -2.41. The molecule has 0 aliphatic carbocycles. The van der Waals surface area contributed by atoms with Crippen molar-refractivity contribution >= 4 is 19.3 Å². The SMILES string of the molecule is CN=C/C(B1OC(C)(C)C(C)(C)O1)=C(/C(=O)OC)C(C)C. The van der Waals surface area contributed by atoms with Gasteiger partial charge in [0, 0.05) is 24.3 Å². The van der Waals surface area contributed by atoms with Gasteiger partial charge in [0.15, 0.2) is 0 Å². The van der Waals surface area contributed by atoms with Crippen molar-refractivity contribution in [3.63, 3.8) is 0 Å². The summed E-state index contributed by atoms with van der Waals surface area (Å²) in [7, 11) is 2.39. The Morgan fingerprint density at radius 3 is 2.00 bits per heavy atom. The maximum Gasteiger partial charge on any atom is 0.496 e. The van der Waals surface area contributed by atoms with Gasteiger partial charge in [0.25, 0.3) is 0 Å². The molecule has 5 nitrogen and oxygen atoms in total. The zero-order valence-corrected chi connectivity index (χ0v) is 14.3. The average Bonchev–Trinajstić information content (AvgIpc) is 2.57. The molecule has 1 fully saturated rings. The van der Waals surface area contributed by atoms with Crippen LogP contribution in [0.15, 0.2) is 16.0 Å². The second kappa shape index (κ2) is 6.32. The second-order valence-electron chi connectivity index (χ2n) is 6.49. The van der Waals surface area contributed by atoms with Crippen molar-refractivity contribution in [2.24, 2.45) is 10.9 Å². The average molecular weight is 295 g/mol. The minimum absolute atomic E-state index is 0.0236. The van der Waals surface area contributed by atoms with Gasteiger partial charge in [0.1, 0.15) is 0 Å². The smallest absolute Gasteiger partial charge is 0.466 e.